The van der Waals surface area contributed by atoms with Crippen molar-refractivity contribution in [3.63, 3.8) is 0 Å². The maximum atomic E-state index is 12.7. The van der Waals surface area contributed by atoms with E-state index in [0.29, 0.717) is 12.1 Å². The van der Waals surface area contributed by atoms with Crippen LogP contribution in [0.1, 0.15) is 62.0 Å². The van der Waals surface area contributed by atoms with Gasteiger partial charge in [-0.05, 0) is 75.8 Å². The van der Waals surface area contributed by atoms with E-state index in [1.54, 1.807) is 20.8 Å². The summed E-state index contributed by atoms with van der Waals surface area (Å²) in [5, 5.41) is 6.94. The average molecular weight is 475 g/mol. The average Bonchev–Trinajstić information content (AvgIpc) is 2.81. The number of carbonyl (C=O) groups is 1. The standard InChI is InChI=1S/C26H38N2O4S/c1-6-12-27-16-26(17-28-18-33(30,31)25(2,3)4)22-8-7-9-23(26)15-21-13-20(24(29)32-5)11-10-19(21)14-22/h10-11,13,22-23,27-28H,6,9,12,14-18H2,1-5H3/t22-,23+,26-/m1/s1. The van der Waals surface area contributed by atoms with E-state index in [0.717, 1.165) is 44.3 Å². The molecule has 0 amide bonds. The molecule has 0 radical (unpaired) electrons. The van der Waals surface area contributed by atoms with Crippen molar-refractivity contribution < 1.29 is 17.9 Å². The zero-order chi connectivity index (χ0) is 24.3. The summed E-state index contributed by atoms with van der Waals surface area (Å²) in [7, 11) is -1.87. The molecule has 0 saturated carbocycles. The molecule has 0 aromatic heterocycles. The van der Waals surface area contributed by atoms with Crippen molar-refractivity contribution in [3.8, 4) is 11.8 Å². The first-order valence-corrected chi connectivity index (χ1v) is 13.5. The van der Waals surface area contributed by atoms with Crippen LogP contribution in [-0.2, 0) is 27.4 Å². The van der Waals surface area contributed by atoms with E-state index in [1.807, 2.05) is 18.2 Å². The molecule has 0 fully saturated rings. The Balaban J connectivity index is 1.92. The molecule has 0 heterocycles. The molecule has 33 heavy (non-hydrogen) atoms. The molecule has 1 aromatic carbocycles. The number of benzene rings is 1. The van der Waals surface area contributed by atoms with Gasteiger partial charge in [-0.25, -0.2) is 13.2 Å². The number of nitrogens with one attached hydrogen (secondary N) is 2. The number of rotatable bonds is 9. The lowest BCUT2D eigenvalue weighted by atomic mass is 9.62. The molecule has 0 spiro atoms. The summed E-state index contributed by atoms with van der Waals surface area (Å²) in [6.45, 7) is 9.64. The molecule has 0 aliphatic heterocycles. The van der Waals surface area contributed by atoms with Crippen molar-refractivity contribution >= 4 is 15.8 Å². The van der Waals surface area contributed by atoms with Gasteiger partial charge in [-0.1, -0.05) is 18.9 Å². The first-order valence-electron chi connectivity index (χ1n) is 11.9. The Hall–Kier alpha value is -1.88. The van der Waals surface area contributed by atoms with Crippen LogP contribution in [0, 0.1) is 29.1 Å². The minimum absolute atomic E-state index is 0.0433. The van der Waals surface area contributed by atoms with Crippen LogP contribution in [0.3, 0.4) is 0 Å². The number of hydrogen-bond acceptors (Lipinski definition) is 6. The Bertz CT molecular complexity index is 1030. The summed E-state index contributed by atoms with van der Waals surface area (Å²) in [6.07, 6.45) is 3.40. The molecule has 182 valence electrons. The monoisotopic (exact) mass is 474 g/mol. The predicted molar refractivity (Wildman–Crippen MR) is 132 cm³/mol. The summed E-state index contributed by atoms with van der Waals surface area (Å²) >= 11 is 0. The number of ether oxygens (including phenoxy) is 1. The molecule has 2 N–H and O–H groups in total. The van der Waals surface area contributed by atoms with Gasteiger partial charge in [0, 0.05) is 30.8 Å². The van der Waals surface area contributed by atoms with Gasteiger partial charge >= 0.3 is 5.97 Å². The topological polar surface area (TPSA) is 84.5 Å². The lowest BCUT2D eigenvalue weighted by Crippen LogP contribution is -2.54. The van der Waals surface area contributed by atoms with Gasteiger partial charge in [-0.15, -0.1) is 5.92 Å². The van der Waals surface area contributed by atoms with Crippen molar-refractivity contribution in [3.05, 3.63) is 34.9 Å². The van der Waals surface area contributed by atoms with Crippen molar-refractivity contribution in [1.29, 1.82) is 0 Å². The van der Waals surface area contributed by atoms with E-state index in [-0.39, 0.29) is 29.1 Å². The van der Waals surface area contributed by atoms with Crippen LogP contribution in [0.4, 0.5) is 0 Å². The van der Waals surface area contributed by atoms with Gasteiger partial charge in [-0.2, -0.15) is 0 Å². The SMILES string of the molecule is CCCNC[C@]1(CNCS(=O)(=O)C(C)(C)C)[C@H]2CC#C[C@@H]1Cc1ccc(C(=O)OC)cc1C2. The number of hydrogen-bond donors (Lipinski definition) is 2. The Morgan fingerprint density at radius 3 is 2.58 bits per heavy atom. The van der Waals surface area contributed by atoms with Crippen LogP contribution in [0.5, 0.6) is 0 Å². The van der Waals surface area contributed by atoms with Gasteiger partial charge in [-0.3, -0.25) is 0 Å². The van der Waals surface area contributed by atoms with E-state index in [9.17, 15) is 13.2 Å². The van der Waals surface area contributed by atoms with E-state index in [2.05, 4.69) is 29.4 Å². The van der Waals surface area contributed by atoms with Gasteiger partial charge in [0.05, 0.1) is 23.3 Å². The summed E-state index contributed by atoms with van der Waals surface area (Å²) in [6, 6.07) is 5.83. The molecular weight excluding hydrogens is 436 g/mol. The molecule has 2 aliphatic rings. The smallest absolute Gasteiger partial charge is 0.337 e. The minimum atomic E-state index is -3.27. The lowest BCUT2D eigenvalue weighted by Gasteiger charge is -2.45. The Labute approximate surface area is 199 Å². The number of esters is 1. The Morgan fingerprint density at radius 2 is 1.91 bits per heavy atom. The van der Waals surface area contributed by atoms with Crippen LogP contribution in [0.2, 0.25) is 0 Å². The van der Waals surface area contributed by atoms with Crippen molar-refractivity contribution in [2.24, 2.45) is 17.3 Å². The number of methoxy groups -OCH3 is 1. The molecule has 7 heteroatoms. The maximum Gasteiger partial charge on any atom is 0.337 e. The van der Waals surface area contributed by atoms with Crippen LogP contribution < -0.4 is 10.6 Å². The van der Waals surface area contributed by atoms with Crippen LogP contribution in [0.15, 0.2) is 18.2 Å². The second-order valence-corrected chi connectivity index (χ2v) is 13.1. The Kier molecular flexibility index (Phi) is 7.93. The number of fused-ring (bicyclic) bond motifs is 3. The molecule has 3 rings (SSSR count). The first kappa shape index (κ1) is 25.7. The fraction of sp³-hybridized carbons (Fsp3) is 0.654. The highest BCUT2D eigenvalue weighted by molar-refractivity contribution is 7.92. The highest BCUT2D eigenvalue weighted by Gasteiger charge is 2.48. The summed E-state index contributed by atoms with van der Waals surface area (Å²) < 4.78 is 29.6. The maximum absolute atomic E-state index is 12.7. The van der Waals surface area contributed by atoms with Crippen molar-refractivity contribution in [2.75, 3.05) is 32.6 Å². The summed E-state index contributed by atoms with van der Waals surface area (Å²) in [5.74, 6) is 6.87. The van der Waals surface area contributed by atoms with Crippen molar-refractivity contribution in [2.45, 2.75) is 58.1 Å². The van der Waals surface area contributed by atoms with Crippen LogP contribution in [-0.4, -0.2) is 51.8 Å². The van der Waals surface area contributed by atoms with E-state index >= 15 is 0 Å². The highest BCUT2D eigenvalue weighted by atomic mass is 32.2. The predicted octanol–water partition coefficient (Wildman–Crippen LogP) is 2.96. The fourth-order valence-electron chi connectivity index (χ4n) is 4.94. The molecule has 2 bridgehead atoms. The van der Waals surface area contributed by atoms with E-state index < -0.39 is 14.6 Å². The third kappa shape index (κ3) is 5.45. The quantitative estimate of drug-likeness (QED) is 0.325. The van der Waals surface area contributed by atoms with Gasteiger partial charge < -0.3 is 15.4 Å². The summed E-state index contributed by atoms with van der Waals surface area (Å²) in [4.78, 5) is 12.1. The molecule has 3 atom stereocenters. The Morgan fingerprint density at radius 1 is 1.18 bits per heavy atom. The van der Waals surface area contributed by atoms with Crippen LogP contribution in [0.25, 0.3) is 0 Å². The molecule has 1 aromatic rings. The molecule has 0 saturated heterocycles. The van der Waals surface area contributed by atoms with Crippen LogP contribution >= 0.6 is 0 Å². The summed E-state index contributed by atoms with van der Waals surface area (Å²) in [5.41, 5.74) is 2.75. The van der Waals surface area contributed by atoms with Gasteiger partial charge in [0.1, 0.15) is 0 Å². The van der Waals surface area contributed by atoms with E-state index in [1.165, 1.54) is 12.7 Å². The van der Waals surface area contributed by atoms with E-state index in [4.69, 9.17) is 4.74 Å². The number of sulfone groups is 1. The fourth-order valence-corrected chi connectivity index (χ4v) is 5.75. The molecule has 6 nitrogen and oxygen atoms in total. The minimum Gasteiger partial charge on any atom is -0.465 e. The molecular formula is C26H38N2O4S. The third-order valence-electron chi connectivity index (χ3n) is 7.21. The zero-order valence-corrected chi connectivity index (χ0v) is 21.4. The first-order chi connectivity index (χ1) is 15.5. The third-order valence-corrected chi connectivity index (χ3v) is 9.66. The second-order valence-electron chi connectivity index (χ2n) is 10.4. The van der Waals surface area contributed by atoms with Gasteiger partial charge in [0.2, 0.25) is 0 Å². The lowest BCUT2D eigenvalue weighted by molar-refractivity contribution is 0.0600. The highest BCUT2D eigenvalue weighted by Crippen LogP contribution is 2.46. The van der Waals surface area contributed by atoms with Gasteiger partial charge in [0.15, 0.2) is 9.84 Å². The van der Waals surface area contributed by atoms with Gasteiger partial charge in [0.25, 0.3) is 0 Å². The largest absolute Gasteiger partial charge is 0.465 e. The van der Waals surface area contributed by atoms with Crippen molar-refractivity contribution in [1.82, 2.24) is 10.6 Å². The zero-order valence-electron chi connectivity index (χ0n) is 20.6. The second kappa shape index (κ2) is 10.2. The normalized spacial score (nSPS) is 24.3. The molecule has 0 unspecified atom stereocenters. The number of carbonyl (C=O) groups excluding carboxylic acids is 1. The molecule has 2 aliphatic carbocycles.